The first-order chi connectivity index (χ1) is 10.1. The molecule has 0 bridgehead atoms. The summed E-state index contributed by atoms with van der Waals surface area (Å²) in [7, 11) is 0. The Morgan fingerprint density at radius 2 is 1.95 bits per heavy atom. The number of benzene rings is 1. The predicted octanol–water partition coefficient (Wildman–Crippen LogP) is 5.51. The number of anilines is 1. The Morgan fingerprint density at radius 3 is 2.67 bits per heavy atom. The fourth-order valence-electron chi connectivity index (χ4n) is 2.82. The summed E-state index contributed by atoms with van der Waals surface area (Å²) in [5.74, 6) is 0.550. The van der Waals surface area contributed by atoms with Crippen LogP contribution in [0.5, 0.6) is 0 Å². The molecule has 2 aromatic rings. The van der Waals surface area contributed by atoms with Gasteiger partial charge in [0.05, 0.1) is 14.7 Å². The van der Waals surface area contributed by atoms with E-state index >= 15 is 0 Å². The van der Waals surface area contributed by atoms with Gasteiger partial charge in [0.1, 0.15) is 5.52 Å². The number of carbonyl (C=O) groups excluding carboxylic acids is 1. The number of hydrogen-bond acceptors (Lipinski definition) is 3. The first-order valence-electron chi connectivity index (χ1n) is 7.18. The molecule has 1 N–H and O–H groups in total. The van der Waals surface area contributed by atoms with Gasteiger partial charge >= 0.3 is 0 Å². The third kappa shape index (κ3) is 3.50. The Morgan fingerprint density at radius 1 is 1.24 bits per heavy atom. The van der Waals surface area contributed by atoms with Crippen LogP contribution in [0.15, 0.2) is 12.1 Å². The van der Waals surface area contributed by atoms with Crippen LogP contribution in [0.2, 0.25) is 10.0 Å². The quantitative estimate of drug-likeness (QED) is 0.798. The Kier molecular flexibility index (Phi) is 4.67. The Labute approximate surface area is 137 Å². The van der Waals surface area contributed by atoms with Crippen LogP contribution in [-0.4, -0.2) is 10.9 Å². The molecule has 1 aliphatic carbocycles. The number of nitrogens with zero attached hydrogens (tertiary/aromatic N) is 1. The van der Waals surface area contributed by atoms with Gasteiger partial charge < -0.3 is 5.32 Å². The van der Waals surface area contributed by atoms with E-state index in [-0.39, 0.29) is 5.91 Å². The van der Waals surface area contributed by atoms with Crippen molar-refractivity contribution in [1.29, 1.82) is 0 Å². The van der Waals surface area contributed by atoms with Crippen LogP contribution in [0.3, 0.4) is 0 Å². The summed E-state index contributed by atoms with van der Waals surface area (Å²) in [4.78, 5) is 16.5. The van der Waals surface area contributed by atoms with Crippen molar-refractivity contribution in [2.45, 2.75) is 38.5 Å². The third-order valence-electron chi connectivity index (χ3n) is 3.89. The number of amides is 1. The summed E-state index contributed by atoms with van der Waals surface area (Å²) in [6, 6.07) is 3.47. The lowest BCUT2D eigenvalue weighted by molar-refractivity contribution is -0.117. The highest BCUT2D eigenvalue weighted by molar-refractivity contribution is 7.23. The summed E-state index contributed by atoms with van der Waals surface area (Å²) in [6.07, 6.45) is 6.68. The summed E-state index contributed by atoms with van der Waals surface area (Å²) in [5, 5.41) is 4.62. The molecule has 3 rings (SSSR count). The number of carbonyl (C=O) groups is 1. The molecule has 1 heterocycles. The van der Waals surface area contributed by atoms with Gasteiger partial charge in [-0.15, -0.1) is 0 Å². The van der Waals surface area contributed by atoms with E-state index in [2.05, 4.69) is 10.3 Å². The van der Waals surface area contributed by atoms with E-state index in [9.17, 15) is 4.79 Å². The molecule has 6 heteroatoms. The molecule has 0 spiro atoms. The molecule has 0 atom stereocenters. The van der Waals surface area contributed by atoms with Gasteiger partial charge in [0.25, 0.3) is 0 Å². The van der Waals surface area contributed by atoms with Crippen LogP contribution in [0.4, 0.5) is 5.13 Å². The number of aromatic nitrogens is 1. The van der Waals surface area contributed by atoms with Gasteiger partial charge in [-0.05, 0) is 30.9 Å². The molecule has 0 aliphatic heterocycles. The molecule has 1 aromatic carbocycles. The lowest BCUT2D eigenvalue weighted by Gasteiger charge is -2.20. The van der Waals surface area contributed by atoms with Crippen molar-refractivity contribution in [3.8, 4) is 0 Å². The molecule has 0 radical (unpaired) electrons. The molecule has 0 unspecified atom stereocenters. The number of halogens is 2. The fourth-order valence-corrected chi connectivity index (χ4v) is 4.26. The van der Waals surface area contributed by atoms with E-state index in [4.69, 9.17) is 23.2 Å². The summed E-state index contributed by atoms with van der Waals surface area (Å²) < 4.78 is 0.817. The molecular formula is C15H16Cl2N2OS. The number of fused-ring (bicyclic) bond motifs is 1. The highest BCUT2D eigenvalue weighted by Crippen LogP contribution is 2.36. The average molecular weight is 343 g/mol. The van der Waals surface area contributed by atoms with Crippen molar-refractivity contribution in [1.82, 2.24) is 4.98 Å². The first kappa shape index (κ1) is 15.1. The number of nitrogens with one attached hydrogen (secondary N) is 1. The van der Waals surface area contributed by atoms with E-state index in [0.29, 0.717) is 33.0 Å². The molecule has 1 aromatic heterocycles. The van der Waals surface area contributed by atoms with E-state index in [0.717, 1.165) is 17.5 Å². The van der Waals surface area contributed by atoms with Crippen molar-refractivity contribution in [3.63, 3.8) is 0 Å². The number of thiazole rings is 1. The SMILES string of the molecule is O=C(CC1CCCCC1)Nc1nc2c(Cl)ccc(Cl)c2s1. The fraction of sp³-hybridized carbons (Fsp3) is 0.467. The maximum absolute atomic E-state index is 12.1. The van der Waals surface area contributed by atoms with Gasteiger partial charge in [-0.25, -0.2) is 4.98 Å². The van der Waals surface area contributed by atoms with Gasteiger partial charge in [0.15, 0.2) is 5.13 Å². The second-order valence-electron chi connectivity index (χ2n) is 5.48. The minimum Gasteiger partial charge on any atom is -0.302 e. The summed E-state index contributed by atoms with van der Waals surface area (Å²) in [5.41, 5.74) is 0.655. The summed E-state index contributed by atoms with van der Waals surface area (Å²) in [6.45, 7) is 0. The van der Waals surface area contributed by atoms with Crippen LogP contribution in [0.25, 0.3) is 10.2 Å². The van der Waals surface area contributed by atoms with E-state index in [1.807, 2.05) is 0 Å². The van der Waals surface area contributed by atoms with Gasteiger partial charge in [0.2, 0.25) is 5.91 Å². The Hall–Kier alpha value is -0.840. The van der Waals surface area contributed by atoms with Crippen molar-refractivity contribution in [3.05, 3.63) is 22.2 Å². The maximum Gasteiger partial charge on any atom is 0.226 e. The third-order valence-corrected chi connectivity index (χ3v) is 5.63. The minimum absolute atomic E-state index is 0.0354. The molecule has 1 amide bonds. The molecule has 3 nitrogen and oxygen atoms in total. The average Bonchev–Trinajstić information content (AvgIpc) is 2.89. The Balaban J connectivity index is 1.71. The van der Waals surface area contributed by atoms with Crippen LogP contribution >= 0.6 is 34.5 Å². The number of hydrogen-bond donors (Lipinski definition) is 1. The van der Waals surface area contributed by atoms with Crippen LogP contribution in [-0.2, 0) is 4.79 Å². The van der Waals surface area contributed by atoms with Crippen molar-refractivity contribution in [2.75, 3.05) is 5.32 Å². The number of rotatable bonds is 3. The lowest BCUT2D eigenvalue weighted by atomic mass is 9.87. The molecule has 0 saturated heterocycles. The molecular weight excluding hydrogens is 327 g/mol. The first-order valence-corrected chi connectivity index (χ1v) is 8.75. The smallest absolute Gasteiger partial charge is 0.226 e. The highest BCUT2D eigenvalue weighted by Gasteiger charge is 2.18. The van der Waals surface area contributed by atoms with Gasteiger partial charge in [-0.3, -0.25) is 4.79 Å². The van der Waals surface area contributed by atoms with E-state index in [1.54, 1.807) is 12.1 Å². The lowest BCUT2D eigenvalue weighted by Crippen LogP contribution is -2.18. The molecule has 1 aliphatic rings. The van der Waals surface area contributed by atoms with Crippen molar-refractivity contribution in [2.24, 2.45) is 5.92 Å². The largest absolute Gasteiger partial charge is 0.302 e. The molecule has 112 valence electrons. The monoisotopic (exact) mass is 342 g/mol. The molecule has 1 saturated carbocycles. The van der Waals surface area contributed by atoms with Crippen molar-refractivity contribution >= 4 is 55.8 Å². The summed E-state index contributed by atoms with van der Waals surface area (Å²) >= 11 is 13.6. The molecule has 1 fully saturated rings. The molecule has 21 heavy (non-hydrogen) atoms. The van der Waals surface area contributed by atoms with Gasteiger partial charge in [-0.1, -0.05) is 53.8 Å². The zero-order valence-electron chi connectivity index (χ0n) is 11.5. The standard InChI is InChI=1S/C15H16Cl2N2OS/c16-10-6-7-11(17)14-13(10)19-15(21-14)18-12(20)8-9-4-2-1-3-5-9/h6-7,9H,1-5,8H2,(H,18,19,20). The predicted molar refractivity (Wildman–Crippen MR) is 89.5 cm³/mol. The second kappa shape index (κ2) is 6.51. The normalized spacial score (nSPS) is 16.3. The van der Waals surface area contributed by atoms with E-state index < -0.39 is 0 Å². The second-order valence-corrected chi connectivity index (χ2v) is 7.30. The van der Waals surface area contributed by atoms with E-state index in [1.165, 1.54) is 30.6 Å². The minimum atomic E-state index is 0.0354. The van der Waals surface area contributed by atoms with Crippen LogP contribution in [0, 0.1) is 5.92 Å². The zero-order valence-corrected chi connectivity index (χ0v) is 13.8. The van der Waals surface area contributed by atoms with Crippen molar-refractivity contribution < 1.29 is 4.79 Å². The van der Waals surface area contributed by atoms with Crippen LogP contribution in [0.1, 0.15) is 38.5 Å². The topological polar surface area (TPSA) is 42.0 Å². The zero-order chi connectivity index (χ0) is 14.8. The van der Waals surface area contributed by atoms with Gasteiger partial charge in [0, 0.05) is 6.42 Å². The highest BCUT2D eigenvalue weighted by atomic mass is 35.5. The van der Waals surface area contributed by atoms with Gasteiger partial charge in [-0.2, -0.15) is 0 Å². The Bertz CT molecular complexity index is 626. The van der Waals surface area contributed by atoms with Crippen LogP contribution < -0.4 is 5.32 Å². The maximum atomic E-state index is 12.1.